The van der Waals surface area contributed by atoms with Crippen molar-refractivity contribution in [2.75, 3.05) is 18.1 Å². The Balaban J connectivity index is 0. The van der Waals surface area contributed by atoms with Crippen molar-refractivity contribution in [3.8, 4) is 0 Å². The van der Waals surface area contributed by atoms with Crippen LogP contribution >= 0.6 is 22.6 Å². The van der Waals surface area contributed by atoms with Gasteiger partial charge in [0.05, 0.1) is 0 Å². The highest BCUT2D eigenvalue weighted by Crippen LogP contribution is 1.97. The lowest BCUT2D eigenvalue weighted by Crippen LogP contribution is -1.96. The van der Waals surface area contributed by atoms with E-state index in [0.29, 0.717) is 0 Å². The summed E-state index contributed by atoms with van der Waals surface area (Å²) in [5, 5.41) is 0. The van der Waals surface area contributed by atoms with Gasteiger partial charge in [0, 0.05) is 13.2 Å². The Hall–Kier alpha value is 0.690. The van der Waals surface area contributed by atoms with Crippen molar-refractivity contribution < 1.29 is 4.74 Å². The van der Waals surface area contributed by atoms with Crippen molar-refractivity contribution in [3.05, 3.63) is 0 Å². The standard InChI is InChI=1S/C10H22O.CH3I/c1-3-5-7-9-11-10-8-6-4-2;1-2/h3-10H2,1-2H3;1H3. The van der Waals surface area contributed by atoms with Gasteiger partial charge in [0.25, 0.3) is 0 Å². The van der Waals surface area contributed by atoms with Gasteiger partial charge in [-0.2, -0.15) is 0 Å². The Kier molecular flexibility index (Phi) is 22.9. The number of rotatable bonds is 8. The van der Waals surface area contributed by atoms with Gasteiger partial charge in [-0.1, -0.05) is 62.1 Å². The van der Waals surface area contributed by atoms with Gasteiger partial charge in [0.2, 0.25) is 0 Å². The summed E-state index contributed by atoms with van der Waals surface area (Å²) in [4.78, 5) is 1.97. The number of hydrogen-bond donors (Lipinski definition) is 0. The largest absolute Gasteiger partial charge is 0.381 e. The summed E-state index contributed by atoms with van der Waals surface area (Å²) in [5.41, 5.74) is 0. The first-order valence-corrected chi connectivity index (χ1v) is 7.53. The van der Waals surface area contributed by atoms with Crippen LogP contribution in [0.2, 0.25) is 0 Å². The molecule has 0 aliphatic rings. The maximum atomic E-state index is 5.44. The van der Waals surface area contributed by atoms with Crippen molar-refractivity contribution in [1.82, 2.24) is 0 Å². The zero-order valence-corrected chi connectivity index (χ0v) is 11.6. The fraction of sp³-hybridized carbons (Fsp3) is 1.00. The Morgan fingerprint density at radius 1 is 0.769 bits per heavy atom. The number of ether oxygens (including phenoxy) is 1. The minimum atomic E-state index is 0.970. The topological polar surface area (TPSA) is 9.23 Å². The number of alkyl halides is 1. The van der Waals surface area contributed by atoms with E-state index in [0.717, 1.165) is 13.2 Å². The van der Waals surface area contributed by atoms with E-state index in [1.165, 1.54) is 38.5 Å². The van der Waals surface area contributed by atoms with Crippen LogP contribution in [0.4, 0.5) is 0 Å². The highest BCUT2D eigenvalue weighted by molar-refractivity contribution is 14.1. The molecule has 0 amide bonds. The molecule has 0 aliphatic carbocycles. The molecule has 0 aromatic heterocycles. The van der Waals surface area contributed by atoms with Crippen LogP contribution < -0.4 is 0 Å². The number of unbranched alkanes of at least 4 members (excludes halogenated alkanes) is 4. The van der Waals surface area contributed by atoms with Crippen molar-refractivity contribution in [2.45, 2.75) is 52.4 Å². The highest BCUT2D eigenvalue weighted by Gasteiger charge is 1.88. The minimum absolute atomic E-state index is 0.970. The third-order valence-electron chi connectivity index (χ3n) is 1.78. The molecule has 0 spiro atoms. The van der Waals surface area contributed by atoms with Crippen LogP contribution in [0.3, 0.4) is 0 Å². The van der Waals surface area contributed by atoms with E-state index in [1.54, 1.807) is 0 Å². The molecule has 0 N–H and O–H groups in total. The highest BCUT2D eigenvalue weighted by atomic mass is 127. The molecule has 0 saturated heterocycles. The fourth-order valence-electron chi connectivity index (χ4n) is 1.01. The third-order valence-corrected chi connectivity index (χ3v) is 1.78. The van der Waals surface area contributed by atoms with Crippen LogP contribution in [-0.4, -0.2) is 18.1 Å². The van der Waals surface area contributed by atoms with E-state index in [-0.39, 0.29) is 0 Å². The van der Waals surface area contributed by atoms with Crippen LogP contribution in [-0.2, 0) is 4.74 Å². The van der Waals surface area contributed by atoms with E-state index >= 15 is 0 Å². The van der Waals surface area contributed by atoms with Crippen LogP contribution in [0.25, 0.3) is 0 Å². The second-order valence-electron chi connectivity index (χ2n) is 3.03. The summed E-state index contributed by atoms with van der Waals surface area (Å²) in [6.07, 6.45) is 7.68. The molecule has 0 rings (SSSR count). The monoisotopic (exact) mass is 300 g/mol. The number of halogens is 1. The fourth-order valence-corrected chi connectivity index (χ4v) is 1.01. The van der Waals surface area contributed by atoms with Crippen molar-refractivity contribution in [1.29, 1.82) is 0 Å². The second-order valence-corrected chi connectivity index (χ2v) is 3.03. The average molecular weight is 300 g/mol. The van der Waals surface area contributed by atoms with Gasteiger partial charge >= 0.3 is 0 Å². The second kappa shape index (κ2) is 18.5. The Labute approximate surface area is 97.8 Å². The summed E-state index contributed by atoms with van der Waals surface area (Å²) in [5.74, 6) is 0. The summed E-state index contributed by atoms with van der Waals surface area (Å²) >= 11 is 2.15. The molecule has 0 bridgehead atoms. The lowest BCUT2D eigenvalue weighted by Gasteiger charge is -2.01. The van der Waals surface area contributed by atoms with Gasteiger partial charge in [-0.3, -0.25) is 0 Å². The zero-order valence-electron chi connectivity index (χ0n) is 9.44. The first kappa shape index (κ1) is 16.1. The van der Waals surface area contributed by atoms with E-state index in [1.807, 2.05) is 4.93 Å². The Morgan fingerprint density at radius 2 is 1.15 bits per heavy atom. The third kappa shape index (κ3) is 19.2. The Morgan fingerprint density at radius 3 is 1.46 bits per heavy atom. The van der Waals surface area contributed by atoms with Gasteiger partial charge in [0.1, 0.15) is 0 Å². The smallest absolute Gasteiger partial charge is 0.0466 e. The van der Waals surface area contributed by atoms with E-state index in [9.17, 15) is 0 Å². The summed E-state index contributed by atoms with van der Waals surface area (Å²) in [6.45, 7) is 6.38. The maximum absolute atomic E-state index is 5.44. The molecular weight excluding hydrogens is 275 g/mol. The van der Waals surface area contributed by atoms with E-state index in [4.69, 9.17) is 4.74 Å². The normalized spacial score (nSPS) is 9.23. The van der Waals surface area contributed by atoms with Crippen molar-refractivity contribution in [3.63, 3.8) is 0 Å². The first-order chi connectivity index (χ1) is 6.41. The van der Waals surface area contributed by atoms with E-state index < -0.39 is 0 Å². The lowest BCUT2D eigenvalue weighted by atomic mass is 10.2. The SMILES string of the molecule is CCCCCOCCCCC.CI. The predicted molar refractivity (Wildman–Crippen MR) is 69.8 cm³/mol. The molecule has 0 fully saturated rings. The average Bonchev–Trinajstić information content (AvgIpc) is 2.20. The van der Waals surface area contributed by atoms with Gasteiger partial charge in [-0.25, -0.2) is 0 Å². The zero-order chi connectivity index (χ0) is 10.4. The summed E-state index contributed by atoms with van der Waals surface area (Å²) in [6, 6.07) is 0. The number of hydrogen-bond acceptors (Lipinski definition) is 1. The minimum Gasteiger partial charge on any atom is -0.381 e. The lowest BCUT2D eigenvalue weighted by molar-refractivity contribution is 0.126. The molecule has 0 heterocycles. The molecule has 0 unspecified atom stereocenters. The molecule has 82 valence electrons. The molecule has 0 radical (unpaired) electrons. The maximum Gasteiger partial charge on any atom is 0.0466 e. The quantitative estimate of drug-likeness (QED) is 0.366. The van der Waals surface area contributed by atoms with Crippen LogP contribution in [0.1, 0.15) is 52.4 Å². The molecule has 0 atom stereocenters. The molecule has 0 aliphatic heterocycles. The van der Waals surface area contributed by atoms with Crippen LogP contribution in [0.5, 0.6) is 0 Å². The van der Waals surface area contributed by atoms with E-state index in [2.05, 4.69) is 36.4 Å². The molecule has 2 heteroatoms. The molecule has 13 heavy (non-hydrogen) atoms. The summed E-state index contributed by atoms with van der Waals surface area (Å²) in [7, 11) is 0. The Bertz CT molecular complexity index is 59.1. The van der Waals surface area contributed by atoms with Gasteiger partial charge in [-0.05, 0) is 17.8 Å². The van der Waals surface area contributed by atoms with Crippen LogP contribution in [0.15, 0.2) is 0 Å². The van der Waals surface area contributed by atoms with Crippen LogP contribution in [0, 0.1) is 0 Å². The summed E-state index contributed by atoms with van der Waals surface area (Å²) < 4.78 is 5.44. The molecule has 1 nitrogen and oxygen atoms in total. The molecule has 0 saturated carbocycles. The molecule has 0 aromatic rings. The van der Waals surface area contributed by atoms with Gasteiger partial charge in [0.15, 0.2) is 0 Å². The molecule has 0 aromatic carbocycles. The first-order valence-electron chi connectivity index (χ1n) is 5.37. The molecular formula is C11H25IO. The van der Waals surface area contributed by atoms with Crippen molar-refractivity contribution in [2.24, 2.45) is 0 Å². The van der Waals surface area contributed by atoms with Crippen molar-refractivity contribution >= 4 is 22.6 Å². The van der Waals surface area contributed by atoms with Gasteiger partial charge < -0.3 is 4.74 Å². The van der Waals surface area contributed by atoms with Gasteiger partial charge in [-0.15, -0.1) is 0 Å². The predicted octanol–water partition coefficient (Wildman–Crippen LogP) is 4.43.